The standard InChI is InChI=1S/C19H23BrClN3O2/c1-2-3-10-26-19(25)23-14-6-8-24(9-7-14)18-15-11-13(20)4-5-17(15)22-12-16(18)21/h4-5,11-12,14H,2-3,6-10H2,1H3,(H,23,25). The van der Waals surface area contributed by atoms with Crippen LogP contribution in [-0.2, 0) is 4.74 Å². The van der Waals surface area contributed by atoms with Gasteiger partial charge in [-0.25, -0.2) is 4.79 Å². The van der Waals surface area contributed by atoms with Crippen molar-refractivity contribution in [2.45, 2.75) is 38.6 Å². The molecule has 1 N–H and O–H groups in total. The summed E-state index contributed by atoms with van der Waals surface area (Å²) < 4.78 is 6.19. The molecule has 1 aromatic carbocycles. The summed E-state index contributed by atoms with van der Waals surface area (Å²) in [5.41, 5.74) is 1.94. The van der Waals surface area contributed by atoms with Gasteiger partial charge in [0.15, 0.2) is 0 Å². The lowest BCUT2D eigenvalue weighted by molar-refractivity contribution is 0.139. The molecule has 5 nitrogen and oxygen atoms in total. The molecule has 0 aliphatic carbocycles. The van der Waals surface area contributed by atoms with E-state index in [1.165, 1.54) is 0 Å². The second-order valence-corrected chi connectivity index (χ2v) is 7.83. The quantitative estimate of drug-likeness (QED) is 0.654. The second-order valence-electron chi connectivity index (χ2n) is 6.51. The van der Waals surface area contributed by atoms with Crippen LogP contribution in [0.2, 0.25) is 5.02 Å². The third-order valence-corrected chi connectivity index (χ3v) is 5.39. The van der Waals surface area contributed by atoms with Gasteiger partial charge in [0.1, 0.15) is 0 Å². The maximum Gasteiger partial charge on any atom is 0.407 e. The number of aromatic nitrogens is 1. The summed E-state index contributed by atoms with van der Waals surface area (Å²) in [4.78, 5) is 18.5. The number of fused-ring (bicyclic) bond motifs is 1. The first kappa shape index (κ1) is 19.2. The van der Waals surface area contributed by atoms with Crippen LogP contribution in [0.15, 0.2) is 28.9 Å². The van der Waals surface area contributed by atoms with Crippen LogP contribution < -0.4 is 10.2 Å². The summed E-state index contributed by atoms with van der Waals surface area (Å²) in [6.45, 7) is 4.20. The Morgan fingerprint density at radius 2 is 2.19 bits per heavy atom. The van der Waals surface area contributed by atoms with Crippen molar-refractivity contribution in [2.75, 3.05) is 24.6 Å². The number of anilines is 1. The maximum atomic E-state index is 11.8. The van der Waals surface area contributed by atoms with Gasteiger partial charge >= 0.3 is 6.09 Å². The highest BCUT2D eigenvalue weighted by molar-refractivity contribution is 9.10. The molecule has 1 aliphatic heterocycles. The van der Waals surface area contributed by atoms with E-state index < -0.39 is 0 Å². The number of unbranched alkanes of at least 4 members (excludes halogenated alkanes) is 1. The van der Waals surface area contributed by atoms with Gasteiger partial charge in [0.25, 0.3) is 0 Å². The molecule has 7 heteroatoms. The van der Waals surface area contributed by atoms with Crippen LogP contribution in [0, 0.1) is 0 Å². The fourth-order valence-corrected chi connectivity index (χ4v) is 3.84. The number of carbonyl (C=O) groups excluding carboxylic acids is 1. The lowest BCUT2D eigenvalue weighted by atomic mass is 10.0. The summed E-state index contributed by atoms with van der Waals surface area (Å²) >= 11 is 10.00. The molecular formula is C19H23BrClN3O2. The minimum absolute atomic E-state index is 0.138. The number of hydrogen-bond acceptors (Lipinski definition) is 4. The molecule has 0 atom stereocenters. The molecule has 0 unspecified atom stereocenters. The fourth-order valence-electron chi connectivity index (χ4n) is 3.21. The zero-order valence-corrected chi connectivity index (χ0v) is 17.1. The molecule has 1 aliphatic rings. The van der Waals surface area contributed by atoms with E-state index in [9.17, 15) is 4.79 Å². The number of nitrogens with one attached hydrogen (secondary N) is 1. The number of ether oxygens (including phenoxy) is 1. The Bertz CT molecular complexity index is 773. The maximum absolute atomic E-state index is 11.8. The van der Waals surface area contributed by atoms with E-state index in [2.05, 4.69) is 44.1 Å². The topological polar surface area (TPSA) is 54.5 Å². The summed E-state index contributed by atoms with van der Waals surface area (Å²) in [5.74, 6) is 0. The lowest BCUT2D eigenvalue weighted by Crippen LogP contribution is -2.45. The largest absolute Gasteiger partial charge is 0.450 e. The normalized spacial score (nSPS) is 15.3. The van der Waals surface area contributed by atoms with Crippen LogP contribution in [0.25, 0.3) is 10.9 Å². The Morgan fingerprint density at radius 1 is 1.42 bits per heavy atom. The zero-order valence-electron chi connectivity index (χ0n) is 14.8. The predicted octanol–water partition coefficient (Wildman–Crippen LogP) is 5.15. The number of nitrogens with zero attached hydrogens (tertiary/aromatic N) is 2. The number of carbonyl (C=O) groups is 1. The van der Waals surface area contributed by atoms with Crippen LogP contribution in [0.5, 0.6) is 0 Å². The molecule has 1 fully saturated rings. The number of rotatable bonds is 5. The second kappa shape index (κ2) is 8.91. The van der Waals surface area contributed by atoms with Gasteiger partial charge in [0, 0.05) is 35.2 Å². The molecule has 1 saturated heterocycles. The molecule has 2 aromatic rings. The van der Waals surface area contributed by atoms with Gasteiger partial charge in [-0.05, 0) is 37.5 Å². The van der Waals surface area contributed by atoms with Gasteiger partial charge in [0.05, 0.1) is 22.8 Å². The van der Waals surface area contributed by atoms with Crippen molar-refractivity contribution in [1.29, 1.82) is 0 Å². The first-order chi connectivity index (χ1) is 12.6. The Morgan fingerprint density at radius 3 is 2.92 bits per heavy atom. The van der Waals surface area contributed by atoms with Crippen LogP contribution >= 0.6 is 27.5 Å². The highest BCUT2D eigenvalue weighted by atomic mass is 79.9. The SMILES string of the molecule is CCCCOC(=O)NC1CCN(c2c(Cl)cnc3ccc(Br)cc23)CC1. The highest BCUT2D eigenvalue weighted by Gasteiger charge is 2.24. The Balaban J connectivity index is 1.65. The van der Waals surface area contributed by atoms with Gasteiger partial charge in [-0.1, -0.05) is 40.9 Å². The molecule has 1 amide bonds. The van der Waals surface area contributed by atoms with E-state index >= 15 is 0 Å². The van der Waals surface area contributed by atoms with Gasteiger partial charge in [0.2, 0.25) is 0 Å². The number of amides is 1. The van der Waals surface area contributed by atoms with Gasteiger partial charge in [-0.3, -0.25) is 4.98 Å². The third-order valence-electron chi connectivity index (χ3n) is 4.62. The fraction of sp³-hybridized carbons (Fsp3) is 0.474. The number of pyridine rings is 1. The highest BCUT2D eigenvalue weighted by Crippen LogP contribution is 2.35. The molecule has 26 heavy (non-hydrogen) atoms. The van der Waals surface area contributed by atoms with Gasteiger partial charge in [-0.2, -0.15) is 0 Å². The lowest BCUT2D eigenvalue weighted by Gasteiger charge is -2.34. The van der Waals surface area contributed by atoms with Crippen LogP contribution in [0.1, 0.15) is 32.6 Å². The van der Waals surface area contributed by atoms with E-state index in [1.807, 2.05) is 12.1 Å². The zero-order chi connectivity index (χ0) is 18.5. The molecule has 0 saturated carbocycles. The number of piperidine rings is 1. The monoisotopic (exact) mass is 439 g/mol. The van der Waals surface area contributed by atoms with Gasteiger partial charge in [-0.15, -0.1) is 0 Å². The first-order valence-corrected chi connectivity index (χ1v) is 10.2. The van der Waals surface area contributed by atoms with E-state index in [1.54, 1.807) is 6.20 Å². The molecule has 0 radical (unpaired) electrons. The Hall–Kier alpha value is -1.53. The summed E-state index contributed by atoms with van der Waals surface area (Å²) in [6.07, 6.45) is 5.03. The molecule has 140 valence electrons. The van der Waals surface area contributed by atoms with E-state index in [-0.39, 0.29) is 12.1 Å². The Kier molecular flexibility index (Phi) is 6.59. The van der Waals surface area contributed by atoms with Crippen molar-refractivity contribution in [3.05, 3.63) is 33.9 Å². The van der Waals surface area contributed by atoms with Crippen molar-refractivity contribution >= 4 is 50.2 Å². The summed E-state index contributed by atoms with van der Waals surface area (Å²) in [5, 5.41) is 4.66. The van der Waals surface area contributed by atoms with E-state index in [0.29, 0.717) is 11.6 Å². The van der Waals surface area contributed by atoms with Crippen molar-refractivity contribution in [3.8, 4) is 0 Å². The number of alkyl carbamates (subject to hydrolysis) is 1. The molecule has 1 aromatic heterocycles. The first-order valence-electron chi connectivity index (χ1n) is 9.00. The average molecular weight is 441 g/mol. The van der Waals surface area contributed by atoms with Crippen molar-refractivity contribution in [2.24, 2.45) is 0 Å². The third kappa shape index (κ3) is 4.60. The molecular weight excluding hydrogens is 418 g/mol. The molecule has 2 heterocycles. The van der Waals surface area contributed by atoms with E-state index in [4.69, 9.17) is 16.3 Å². The number of hydrogen-bond donors (Lipinski definition) is 1. The van der Waals surface area contributed by atoms with Crippen LogP contribution in [0.4, 0.5) is 10.5 Å². The minimum Gasteiger partial charge on any atom is -0.450 e. The molecule has 3 rings (SSSR count). The summed E-state index contributed by atoms with van der Waals surface area (Å²) in [6, 6.07) is 6.16. The number of benzene rings is 1. The average Bonchev–Trinajstić information content (AvgIpc) is 2.63. The predicted molar refractivity (Wildman–Crippen MR) is 109 cm³/mol. The van der Waals surface area contributed by atoms with Crippen molar-refractivity contribution in [3.63, 3.8) is 0 Å². The molecule has 0 spiro atoms. The summed E-state index contributed by atoms with van der Waals surface area (Å²) in [7, 11) is 0. The van der Waals surface area contributed by atoms with Crippen LogP contribution in [0.3, 0.4) is 0 Å². The molecule has 0 bridgehead atoms. The van der Waals surface area contributed by atoms with Crippen molar-refractivity contribution in [1.82, 2.24) is 10.3 Å². The van der Waals surface area contributed by atoms with E-state index in [0.717, 1.165) is 59.8 Å². The van der Waals surface area contributed by atoms with Gasteiger partial charge < -0.3 is 15.0 Å². The van der Waals surface area contributed by atoms with Crippen LogP contribution in [-0.4, -0.2) is 36.8 Å². The smallest absolute Gasteiger partial charge is 0.407 e. The van der Waals surface area contributed by atoms with Crippen molar-refractivity contribution < 1.29 is 9.53 Å². The minimum atomic E-state index is -0.312. The number of halogens is 2. The Labute approximate surface area is 167 Å².